The summed E-state index contributed by atoms with van der Waals surface area (Å²) in [6, 6.07) is 15.2. The second-order valence-corrected chi connectivity index (χ2v) is 6.70. The smallest absolute Gasteiger partial charge is 0.124 e. The molecule has 1 aliphatic rings. The number of para-hydroxylation sites is 1. The van der Waals surface area contributed by atoms with Gasteiger partial charge < -0.3 is 10.5 Å². The number of benzene rings is 2. The van der Waals surface area contributed by atoms with E-state index in [0.29, 0.717) is 6.61 Å². The molecule has 2 aromatic rings. The van der Waals surface area contributed by atoms with E-state index in [9.17, 15) is 4.21 Å². The number of hydrogen-bond donors (Lipinski definition) is 1. The van der Waals surface area contributed by atoms with E-state index in [1.807, 2.05) is 55.5 Å². The first kappa shape index (κ1) is 13.3. The summed E-state index contributed by atoms with van der Waals surface area (Å²) in [7, 11) is -1.17. The van der Waals surface area contributed by atoms with Gasteiger partial charge in [0.25, 0.3) is 0 Å². The Hall–Kier alpha value is -1.65. The van der Waals surface area contributed by atoms with Crippen molar-refractivity contribution in [2.75, 3.05) is 6.61 Å². The van der Waals surface area contributed by atoms with E-state index >= 15 is 0 Å². The number of rotatable bonds is 2. The Balaban J connectivity index is 1.91. The molecule has 0 spiro atoms. The van der Waals surface area contributed by atoms with Crippen LogP contribution in [0.3, 0.4) is 0 Å². The van der Waals surface area contributed by atoms with Gasteiger partial charge in [0.05, 0.1) is 22.1 Å². The van der Waals surface area contributed by atoms with Crippen molar-refractivity contribution in [2.24, 2.45) is 5.73 Å². The summed E-state index contributed by atoms with van der Waals surface area (Å²) in [6.07, 6.45) is 0. The summed E-state index contributed by atoms with van der Waals surface area (Å²) in [6.45, 7) is 2.38. The van der Waals surface area contributed by atoms with Crippen LogP contribution in [0.4, 0.5) is 0 Å². The SMILES string of the molecule is Cc1cccc(S(=O)C2COc3ccccc3C2N)c1. The van der Waals surface area contributed by atoms with Crippen LogP contribution in [-0.2, 0) is 10.8 Å². The molecule has 2 N–H and O–H groups in total. The highest BCUT2D eigenvalue weighted by atomic mass is 32.2. The van der Waals surface area contributed by atoms with E-state index in [1.165, 1.54) is 0 Å². The third-order valence-corrected chi connectivity index (χ3v) is 5.28. The molecule has 0 saturated heterocycles. The number of aryl methyl sites for hydroxylation is 1. The standard InChI is InChI=1S/C16H17NO2S/c1-11-5-4-6-12(9-11)20(18)15-10-19-14-8-3-2-7-13(14)16(15)17/h2-9,15-16H,10,17H2,1H3. The van der Waals surface area contributed by atoms with Crippen molar-refractivity contribution in [3.63, 3.8) is 0 Å². The lowest BCUT2D eigenvalue weighted by molar-refractivity contribution is 0.273. The first-order chi connectivity index (χ1) is 9.66. The predicted octanol–water partition coefficient (Wildman–Crippen LogP) is 2.56. The lowest BCUT2D eigenvalue weighted by Crippen LogP contribution is -2.39. The molecular weight excluding hydrogens is 270 g/mol. The normalized spacial score (nSPS) is 22.7. The maximum atomic E-state index is 12.7. The molecule has 20 heavy (non-hydrogen) atoms. The number of ether oxygens (including phenoxy) is 1. The van der Waals surface area contributed by atoms with Crippen LogP contribution in [0.5, 0.6) is 5.75 Å². The molecule has 3 nitrogen and oxygen atoms in total. The molecule has 3 atom stereocenters. The molecule has 2 aromatic carbocycles. The van der Waals surface area contributed by atoms with Gasteiger partial charge in [0.2, 0.25) is 0 Å². The average Bonchev–Trinajstić information content (AvgIpc) is 2.47. The molecule has 0 radical (unpaired) electrons. The molecule has 0 fully saturated rings. The van der Waals surface area contributed by atoms with E-state index in [4.69, 9.17) is 10.5 Å². The summed E-state index contributed by atoms with van der Waals surface area (Å²) in [5.74, 6) is 0.803. The molecule has 3 unspecified atom stereocenters. The molecule has 104 valence electrons. The Labute approximate surface area is 121 Å². The molecule has 0 aromatic heterocycles. The molecule has 1 heterocycles. The molecular formula is C16H17NO2S. The second kappa shape index (κ2) is 5.38. The fraction of sp³-hybridized carbons (Fsp3) is 0.250. The molecule has 3 rings (SSSR count). The third kappa shape index (κ3) is 2.37. The fourth-order valence-electron chi connectivity index (χ4n) is 2.47. The van der Waals surface area contributed by atoms with Gasteiger partial charge >= 0.3 is 0 Å². The summed E-state index contributed by atoms with van der Waals surface area (Å²) in [5.41, 5.74) is 8.33. The van der Waals surface area contributed by atoms with E-state index in [-0.39, 0.29) is 11.3 Å². The summed E-state index contributed by atoms with van der Waals surface area (Å²) < 4.78 is 18.4. The van der Waals surface area contributed by atoms with Crippen molar-refractivity contribution >= 4 is 10.8 Å². The highest BCUT2D eigenvalue weighted by Gasteiger charge is 2.32. The fourth-order valence-corrected chi connectivity index (χ4v) is 3.94. The summed E-state index contributed by atoms with van der Waals surface area (Å²) in [5, 5.41) is -0.216. The van der Waals surface area contributed by atoms with Gasteiger partial charge in [-0.25, -0.2) is 0 Å². The Morgan fingerprint density at radius 1 is 1.20 bits per heavy atom. The van der Waals surface area contributed by atoms with Crippen LogP contribution in [0.1, 0.15) is 17.2 Å². The van der Waals surface area contributed by atoms with Crippen LogP contribution < -0.4 is 10.5 Å². The van der Waals surface area contributed by atoms with E-state index in [1.54, 1.807) is 0 Å². The van der Waals surface area contributed by atoms with Crippen molar-refractivity contribution in [1.82, 2.24) is 0 Å². The molecule has 0 saturated carbocycles. The van der Waals surface area contributed by atoms with E-state index in [0.717, 1.165) is 21.8 Å². The first-order valence-corrected chi connectivity index (χ1v) is 7.82. The summed E-state index contributed by atoms with van der Waals surface area (Å²) >= 11 is 0. The zero-order valence-electron chi connectivity index (χ0n) is 11.3. The van der Waals surface area contributed by atoms with Crippen LogP contribution in [0, 0.1) is 6.92 Å². The van der Waals surface area contributed by atoms with Gasteiger partial charge in [-0.2, -0.15) is 0 Å². The monoisotopic (exact) mass is 287 g/mol. The average molecular weight is 287 g/mol. The lowest BCUT2D eigenvalue weighted by Gasteiger charge is -2.30. The van der Waals surface area contributed by atoms with Crippen molar-refractivity contribution in [2.45, 2.75) is 23.1 Å². The molecule has 1 aliphatic heterocycles. The third-order valence-electron chi connectivity index (χ3n) is 3.58. The maximum absolute atomic E-state index is 12.7. The van der Waals surface area contributed by atoms with Crippen LogP contribution in [0.15, 0.2) is 53.4 Å². The van der Waals surface area contributed by atoms with Gasteiger partial charge in [-0.15, -0.1) is 0 Å². The lowest BCUT2D eigenvalue weighted by atomic mass is 10.0. The number of fused-ring (bicyclic) bond motifs is 1. The zero-order chi connectivity index (χ0) is 14.1. The second-order valence-electron chi connectivity index (χ2n) is 5.03. The Morgan fingerprint density at radius 3 is 2.80 bits per heavy atom. The van der Waals surface area contributed by atoms with Gasteiger partial charge in [-0.3, -0.25) is 4.21 Å². The highest BCUT2D eigenvalue weighted by Crippen LogP contribution is 2.33. The first-order valence-electron chi connectivity index (χ1n) is 6.61. The van der Waals surface area contributed by atoms with Gasteiger partial charge in [-0.05, 0) is 30.7 Å². The minimum absolute atomic E-state index is 0.216. The summed E-state index contributed by atoms with van der Waals surface area (Å²) in [4.78, 5) is 0.813. The Kier molecular flexibility index (Phi) is 3.59. The minimum Gasteiger partial charge on any atom is -0.492 e. The number of nitrogens with two attached hydrogens (primary N) is 1. The van der Waals surface area contributed by atoms with Gasteiger partial charge in [0, 0.05) is 10.5 Å². The molecule has 0 amide bonds. The van der Waals surface area contributed by atoms with Crippen LogP contribution in [-0.4, -0.2) is 16.1 Å². The van der Waals surface area contributed by atoms with E-state index in [2.05, 4.69) is 0 Å². The highest BCUT2D eigenvalue weighted by molar-refractivity contribution is 7.85. The molecule has 0 bridgehead atoms. The van der Waals surface area contributed by atoms with Crippen LogP contribution in [0.2, 0.25) is 0 Å². The van der Waals surface area contributed by atoms with Crippen molar-refractivity contribution in [3.8, 4) is 5.75 Å². The van der Waals surface area contributed by atoms with Crippen LogP contribution >= 0.6 is 0 Å². The van der Waals surface area contributed by atoms with Crippen molar-refractivity contribution < 1.29 is 8.95 Å². The number of hydrogen-bond acceptors (Lipinski definition) is 3. The van der Waals surface area contributed by atoms with Gasteiger partial charge in [-0.1, -0.05) is 30.3 Å². The minimum atomic E-state index is -1.17. The Morgan fingerprint density at radius 2 is 2.00 bits per heavy atom. The molecule has 4 heteroatoms. The van der Waals surface area contributed by atoms with Crippen LogP contribution in [0.25, 0.3) is 0 Å². The Bertz CT molecular complexity index is 656. The largest absolute Gasteiger partial charge is 0.492 e. The topological polar surface area (TPSA) is 52.3 Å². The van der Waals surface area contributed by atoms with Gasteiger partial charge in [0.15, 0.2) is 0 Å². The predicted molar refractivity (Wildman–Crippen MR) is 80.2 cm³/mol. The maximum Gasteiger partial charge on any atom is 0.124 e. The molecule has 0 aliphatic carbocycles. The van der Waals surface area contributed by atoms with Gasteiger partial charge in [0.1, 0.15) is 12.4 Å². The zero-order valence-corrected chi connectivity index (χ0v) is 12.1. The van der Waals surface area contributed by atoms with Crippen molar-refractivity contribution in [3.05, 3.63) is 59.7 Å². The quantitative estimate of drug-likeness (QED) is 0.923. The van der Waals surface area contributed by atoms with Crippen molar-refractivity contribution in [1.29, 1.82) is 0 Å². The van der Waals surface area contributed by atoms with E-state index < -0.39 is 10.8 Å².